The van der Waals surface area contributed by atoms with Crippen molar-refractivity contribution in [2.75, 3.05) is 18.5 Å². The highest BCUT2D eigenvalue weighted by molar-refractivity contribution is 6.02. The Morgan fingerprint density at radius 3 is 2.24 bits per heavy atom. The van der Waals surface area contributed by atoms with Gasteiger partial charge in [0, 0.05) is 29.4 Å². The van der Waals surface area contributed by atoms with Gasteiger partial charge >= 0.3 is 6.61 Å². The van der Waals surface area contributed by atoms with Gasteiger partial charge in [0.15, 0.2) is 11.5 Å². The van der Waals surface area contributed by atoms with Gasteiger partial charge in [0.1, 0.15) is 0 Å². The van der Waals surface area contributed by atoms with Gasteiger partial charge in [0.2, 0.25) is 17.7 Å². The second-order valence-electron chi connectivity index (χ2n) is 7.80. The number of rotatable bonds is 12. The van der Waals surface area contributed by atoms with Crippen molar-refractivity contribution in [1.29, 1.82) is 0 Å². The maximum Gasteiger partial charge on any atom is 0.387 e. The molecule has 0 aromatic heterocycles. The molecule has 2 aromatic carbocycles. The average molecular weight is 476 g/mol. The number of nitrogens with two attached hydrogens (primary N) is 2. The van der Waals surface area contributed by atoms with Crippen LogP contribution < -0.4 is 26.3 Å². The van der Waals surface area contributed by atoms with E-state index in [1.54, 1.807) is 19.1 Å². The van der Waals surface area contributed by atoms with E-state index < -0.39 is 18.4 Å². The third-order valence-electron chi connectivity index (χ3n) is 5.11. The van der Waals surface area contributed by atoms with E-state index in [4.69, 9.17) is 16.2 Å². The van der Waals surface area contributed by atoms with E-state index in [0.29, 0.717) is 6.54 Å². The van der Waals surface area contributed by atoms with Crippen LogP contribution in [-0.4, -0.2) is 48.4 Å². The molecule has 2 aromatic rings. The largest absolute Gasteiger partial charge is 0.490 e. The molecule has 1 saturated carbocycles. The summed E-state index contributed by atoms with van der Waals surface area (Å²) in [6.07, 6.45) is 1.84. The molecule has 182 valence electrons. The van der Waals surface area contributed by atoms with E-state index in [-0.39, 0.29) is 53.4 Å². The molecule has 0 bridgehead atoms. The summed E-state index contributed by atoms with van der Waals surface area (Å²) in [7, 11) is 0. The Bertz CT molecular complexity index is 1040. The summed E-state index contributed by atoms with van der Waals surface area (Å²) in [5, 5.41) is 2.67. The Hall–Kier alpha value is -3.73. The summed E-state index contributed by atoms with van der Waals surface area (Å²) >= 11 is 0. The van der Waals surface area contributed by atoms with E-state index in [1.807, 2.05) is 4.90 Å². The SMILES string of the molecule is CCOc1cc(CN(CC(=O)Nc2cc(C(N)=O)cc(C(N)=O)c2)C2CC2)ccc1OC(F)F. The fourth-order valence-electron chi connectivity index (χ4n) is 3.47. The van der Waals surface area contributed by atoms with Gasteiger partial charge in [-0.1, -0.05) is 6.07 Å². The number of halogens is 2. The fraction of sp³-hybridized carbons (Fsp3) is 0.348. The maximum absolute atomic E-state index is 12.7. The summed E-state index contributed by atoms with van der Waals surface area (Å²) in [6.45, 7) is -0.566. The van der Waals surface area contributed by atoms with Crippen molar-refractivity contribution in [3.8, 4) is 11.5 Å². The van der Waals surface area contributed by atoms with Gasteiger partial charge in [0.05, 0.1) is 13.2 Å². The smallest absolute Gasteiger partial charge is 0.387 e. The van der Waals surface area contributed by atoms with Crippen molar-refractivity contribution in [3.05, 3.63) is 53.1 Å². The first-order chi connectivity index (χ1) is 16.2. The van der Waals surface area contributed by atoms with E-state index in [1.165, 1.54) is 24.3 Å². The monoisotopic (exact) mass is 476 g/mol. The van der Waals surface area contributed by atoms with Crippen LogP contribution in [0.3, 0.4) is 0 Å². The van der Waals surface area contributed by atoms with Crippen molar-refractivity contribution >= 4 is 23.4 Å². The molecular weight excluding hydrogens is 450 g/mol. The number of amides is 3. The highest BCUT2D eigenvalue weighted by atomic mass is 19.3. The lowest BCUT2D eigenvalue weighted by atomic mass is 10.1. The van der Waals surface area contributed by atoms with Crippen LogP contribution in [0.4, 0.5) is 14.5 Å². The molecule has 1 aliphatic rings. The molecule has 0 radical (unpaired) electrons. The van der Waals surface area contributed by atoms with Crippen molar-refractivity contribution in [3.63, 3.8) is 0 Å². The molecule has 5 N–H and O–H groups in total. The van der Waals surface area contributed by atoms with Crippen LogP contribution in [0, 0.1) is 0 Å². The van der Waals surface area contributed by atoms with Gasteiger partial charge in [-0.25, -0.2) is 0 Å². The lowest BCUT2D eigenvalue weighted by Crippen LogP contribution is -2.34. The minimum absolute atomic E-state index is 0.0244. The zero-order valence-corrected chi connectivity index (χ0v) is 18.6. The Balaban J connectivity index is 1.72. The van der Waals surface area contributed by atoms with Crippen molar-refractivity contribution < 1.29 is 32.6 Å². The van der Waals surface area contributed by atoms with E-state index in [2.05, 4.69) is 10.1 Å². The predicted molar refractivity (Wildman–Crippen MR) is 120 cm³/mol. The van der Waals surface area contributed by atoms with Gasteiger partial charge < -0.3 is 26.3 Å². The fourth-order valence-corrected chi connectivity index (χ4v) is 3.47. The van der Waals surface area contributed by atoms with Gasteiger partial charge in [0.25, 0.3) is 0 Å². The Kier molecular flexibility index (Phi) is 8.00. The number of nitrogens with one attached hydrogen (secondary N) is 1. The molecule has 3 rings (SSSR count). The number of carbonyl (C=O) groups is 3. The van der Waals surface area contributed by atoms with Crippen molar-refractivity contribution in [2.45, 2.75) is 39.0 Å². The van der Waals surface area contributed by atoms with Crippen LogP contribution in [0.15, 0.2) is 36.4 Å². The van der Waals surface area contributed by atoms with E-state index >= 15 is 0 Å². The molecule has 1 fully saturated rings. The van der Waals surface area contributed by atoms with Crippen molar-refractivity contribution in [2.24, 2.45) is 11.5 Å². The Morgan fingerprint density at radius 1 is 1.06 bits per heavy atom. The van der Waals surface area contributed by atoms with Crippen LogP contribution in [0.25, 0.3) is 0 Å². The van der Waals surface area contributed by atoms with Crippen LogP contribution in [0.5, 0.6) is 11.5 Å². The Labute approximate surface area is 195 Å². The second kappa shape index (κ2) is 10.9. The number of alkyl halides is 2. The number of carbonyl (C=O) groups excluding carboxylic acids is 3. The predicted octanol–water partition coefficient (Wildman–Crippen LogP) is 2.49. The highest BCUT2D eigenvalue weighted by Crippen LogP contribution is 2.33. The molecule has 3 amide bonds. The van der Waals surface area contributed by atoms with Crippen LogP contribution >= 0.6 is 0 Å². The second-order valence-corrected chi connectivity index (χ2v) is 7.80. The number of hydrogen-bond acceptors (Lipinski definition) is 6. The quantitative estimate of drug-likeness (QED) is 0.430. The van der Waals surface area contributed by atoms with Gasteiger partial charge in [-0.3, -0.25) is 19.3 Å². The molecule has 11 heteroatoms. The van der Waals surface area contributed by atoms with E-state index in [0.717, 1.165) is 18.4 Å². The normalized spacial score (nSPS) is 13.1. The number of benzene rings is 2. The summed E-state index contributed by atoms with van der Waals surface area (Å²) in [5.74, 6) is -1.75. The number of hydrogen-bond donors (Lipinski definition) is 3. The minimum atomic E-state index is -2.97. The number of ether oxygens (including phenoxy) is 2. The zero-order valence-electron chi connectivity index (χ0n) is 18.6. The minimum Gasteiger partial charge on any atom is -0.490 e. The number of anilines is 1. The third kappa shape index (κ3) is 6.88. The number of nitrogens with zero attached hydrogens (tertiary/aromatic N) is 1. The molecule has 0 atom stereocenters. The topological polar surface area (TPSA) is 137 Å². The van der Waals surface area contributed by atoms with Crippen LogP contribution in [0.2, 0.25) is 0 Å². The van der Waals surface area contributed by atoms with Crippen LogP contribution in [0.1, 0.15) is 46.0 Å². The summed E-state index contributed by atoms with van der Waals surface area (Å²) in [6, 6.07) is 8.85. The standard InChI is InChI=1S/C23H26F2N4O5/c1-2-33-19-7-13(3-6-18(19)34-23(24)25)11-29(17-4-5-17)12-20(30)28-16-9-14(21(26)31)8-15(10-16)22(27)32/h3,6-10,17,23H,2,4-5,11-12H2,1H3,(H2,26,31)(H2,27,32)(H,28,30). The number of primary amides is 2. The molecule has 0 aliphatic heterocycles. The highest BCUT2D eigenvalue weighted by Gasteiger charge is 2.30. The molecule has 0 heterocycles. The molecule has 34 heavy (non-hydrogen) atoms. The molecular formula is C23H26F2N4O5. The van der Waals surface area contributed by atoms with Gasteiger partial charge in [-0.2, -0.15) is 8.78 Å². The summed E-state index contributed by atoms with van der Waals surface area (Å²) in [4.78, 5) is 37.8. The molecule has 0 unspecified atom stereocenters. The summed E-state index contributed by atoms with van der Waals surface area (Å²) < 4.78 is 35.2. The van der Waals surface area contributed by atoms with Gasteiger partial charge in [-0.15, -0.1) is 0 Å². The first kappa shape index (κ1) is 24.9. The summed E-state index contributed by atoms with van der Waals surface area (Å²) in [5.41, 5.74) is 11.7. The van der Waals surface area contributed by atoms with Crippen LogP contribution in [-0.2, 0) is 11.3 Å². The Morgan fingerprint density at radius 2 is 1.71 bits per heavy atom. The maximum atomic E-state index is 12.7. The molecule has 1 aliphatic carbocycles. The molecule has 0 saturated heterocycles. The lowest BCUT2D eigenvalue weighted by molar-refractivity contribution is -0.117. The molecule has 9 nitrogen and oxygen atoms in total. The average Bonchev–Trinajstić information content (AvgIpc) is 3.60. The van der Waals surface area contributed by atoms with E-state index in [9.17, 15) is 23.2 Å². The third-order valence-corrected chi connectivity index (χ3v) is 5.11. The first-order valence-electron chi connectivity index (χ1n) is 10.7. The molecule has 0 spiro atoms. The first-order valence-corrected chi connectivity index (χ1v) is 10.7. The van der Waals surface area contributed by atoms with Crippen molar-refractivity contribution in [1.82, 2.24) is 4.90 Å². The zero-order chi connectivity index (χ0) is 24.8. The lowest BCUT2D eigenvalue weighted by Gasteiger charge is -2.22. The van der Waals surface area contributed by atoms with Gasteiger partial charge in [-0.05, 0) is 55.7 Å².